The number of hydrogen-bond donors (Lipinski definition) is 0. The molecule has 0 N–H and O–H groups in total. The number of nitrogens with zero attached hydrogens (tertiary/aromatic N) is 2. The molecule has 3 nitrogen and oxygen atoms in total. The van der Waals surface area contributed by atoms with E-state index in [1.807, 2.05) is 37.5 Å². The Hall–Kier alpha value is -1.77. The first kappa shape index (κ1) is 10.7. The number of hydrogen-bond acceptors (Lipinski definition) is 2. The van der Waals surface area contributed by atoms with Gasteiger partial charge in [0.15, 0.2) is 0 Å². The van der Waals surface area contributed by atoms with Crippen molar-refractivity contribution in [3.05, 3.63) is 41.6 Å². The summed E-state index contributed by atoms with van der Waals surface area (Å²) in [4.78, 5) is 0. The molecule has 1 aromatic heterocycles. The van der Waals surface area contributed by atoms with E-state index in [1.165, 1.54) is 5.56 Å². The topological polar surface area (TPSA) is 27.1 Å². The molecular weight excluding hydrogens is 200 g/mol. The molecule has 1 aromatic carbocycles. The van der Waals surface area contributed by atoms with Gasteiger partial charge in [0.2, 0.25) is 5.88 Å². The molecule has 0 aliphatic heterocycles. The van der Waals surface area contributed by atoms with Crippen molar-refractivity contribution in [2.45, 2.75) is 20.3 Å². The smallest absolute Gasteiger partial charge is 0.220 e. The van der Waals surface area contributed by atoms with Crippen LogP contribution in [0, 0.1) is 6.92 Å². The second-order valence-electron chi connectivity index (χ2n) is 3.87. The summed E-state index contributed by atoms with van der Waals surface area (Å²) in [7, 11) is 1.89. The van der Waals surface area contributed by atoms with Crippen LogP contribution >= 0.6 is 0 Å². The van der Waals surface area contributed by atoms with E-state index >= 15 is 0 Å². The van der Waals surface area contributed by atoms with Crippen LogP contribution in [0.4, 0.5) is 0 Å². The molecule has 84 valence electrons. The van der Waals surface area contributed by atoms with Crippen molar-refractivity contribution in [2.24, 2.45) is 7.05 Å². The third-order valence-electron chi connectivity index (χ3n) is 2.57. The molecular formula is C13H16N2O. The molecule has 0 aliphatic carbocycles. The van der Waals surface area contributed by atoms with Crippen LogP contribution in [-0.4, -0.2) is 9.78 Å². The van der Waals surface area contributed by atoms with Crippen LogP contribution in [0.25, 0.3) is 0 Å². The zero-order chi connectivity index (χ0) is 11.5. The van der Waals surface area contributed by atoms with Gasteiger partial charge >= 0.3 is 0 Å². The van der Waals surface area contributed by atoms with Crippen LogP contribution in [0.3, 0.4) is 0 Å². The van der Waals surface area contributed by atoms with E-state index in [-0.39, 0.29) is 0 Å². The summed E-state index contributed by atoms with van der Waals surface area (Å²) in [5, 5.41) is 4.19. The Morgan fingerprint density at radius 1 is 1.25 bits per heavy atom. The summed E-state index contributed by atoms with van der Waals surface area (Å²) in [6.07, 6.45) is 2.78. The number of aromatic nitrogens is 2. The molecule has 0 amide bonds. The van der Waals surface area contributed by atoms with Crippen LogP contribution in [0.1, 0.15) is 18.1 Å². The summed E-state index contributed by atoms with van der Waals surface area (Å²) >= 11 is 0. The Labute approximate surface area is 95.7 Å². The summed E-state index contributed by atoms with van der Waals surface area (Å²) < 4.78 is 7.59. The summed E-state index contributed by atoms with van der Waals surface area (Å²) in [5.41, 5.74) is 2.36. The van der Waals surface area contributed by atoms with Crippen LogP contribution in [0.15, 0.2) is 30.5 Å². The molecule has 0 unspecified atom stereocenters. The van der Waals surface area contributed by atoms with Crippen molar-refractivity contribution in [3.63, 3.8) is 0 Å². The number of benzene rings is 1. The molecule has 2 aromatic rings. The average Bonchev–Trinajstić information content (AvgIpc) is 2.63. The van der Waals surface area contributed by atoms with Gasteiger partial charge in [-0.05, 0) is 25.5 Å². The highest BCUT2D eigenvalue weighted by molar-refractivity contribution is 5.33. The predicted molar refractivity (Wildman–Crippen MR) is 63.8 cm³/mol. The van der Waals surface area contributed by atoms with Crippen molar-refractivity contribution < 1.29 is 4.74 Å². The third-order valence-corrected chi connectivity index (χ3v) is 2.57. The molecule has 0 aliphatic rings. The summed E-state index contributed by atoms with van der Waals surface area (Å²) in [6, 6.07) is 8.03. The minimum absolute atomic E-state index is 0.825. The van der Waals surface area contributed by atoms with Crippen LogP contribution in [0.2, 0.25) is 0 Å². The second kappa shape index (κ2) is 4.39. The van der Waals surface area contributed by atoms with E-state index in [1.54, 1.807) is 4.68 Å². The molecule has 16 heavy (non-hydrogen) atoms. The fourth-order valence-electron chi connectivity index (χ4n) is 1.56. The lowest BCUT2D eigenvalue weighted by Crippen LogP contribution is -1.96. The molecule has 0 atom stereocenters. The number of rotatable bonds is 3. The Balaban J connectivity index is 2.26. The standard InChI is InChI=1S/C13H16N2O/c1-4-11-9-14-15(3)13(11)16-12-7-5-10(2)6-8-12/h5-9H,4H2,1-3H3. The van der Waals surface area contributed by atoms with Gasteiger partial charge in [0, 0.05) is 12.6 Å². The lowest BCUT2D eigenvalue weighted by molar-refractivity contribution is 0.426. The highest BCUT2D eigenvalue weighted by Crippen LogP contribution is 2.25. The van der Waals surface area contributed by atoms with Gasteiger partial charge in [-0.15, -0.1) is 0 Å². The van der Waals surface area contributed by atoms with Gasteiger partial charge in [0.05, 0.1) is 6.20 Å². The second-order valence-corrected chi connectivity index (χ2v) is 3.87. The van der Waals surface area contributed by atoms with E-state index in [0.717, 1.165) is 23.6 Å². The highest BCUT2D eigenvalue weighted by Gasteiger charge is 2.08. The third kappa shape index (κ3) is 2.08. The van der Waals surface area contributed by atoms with Gasteiger partial charge < -0.3 is 4.74 Å². The minimum atomic E-state index is 0.825. The largest absolute Gasteiger partial charge is 0.439 e. The van der Waals surface area contributed by atoms with E-state index in [0.29, 0.717) is 0 Å². The Morgan fingerprint density at radius 3 is 2.56 bits per heavy atom. The van der Waals surface area contributed by atoms with Crippen LogP contribution in [0.5, 0.6) is 11.6 Å². The van der Waals surface area contributed by atoms with Gasteiger partial charge in [-0.2, -0.15) is 5.10 Å². The molecule has 0 fully saturated rings. The average molecular weight is 216 g/mol. The maximum atomic E-state index is 5.83. The predicted octanol–water partition coefficient (Wildman–Crippen LogP) is 3.08. The summed E-state index contributed by atoms with van der Waals surface area (Å²) in [6.45, 7) is 4.16. The zero-order valence-electron chi connectivity index (χ0n) is 9.90. The van der Waals surface area contributed by atoms with Crippen molar-refractivity contribution in [1.29, 1.82) is 0 Å². The van der Waals surface area contributed by atoms with E-state index < -0.39 is 0 Å². The molecule has 0 bridgehead atoms. The minimum Gasteiger partial charge on any atom is -0.439 e. The van der Waals surface area contributed by atoms with Crippen LogP contribution < -0.4 is 4.74 Å². The molecule has 3 heteroatoms. The van der Waals surface area contributed by atoms with Crippen LogP contribution in [-0.2, 0) is 13.5 Å². The molecule has 1 heterocycles. The first-order chi connectivity index (χ1) is 7.70. The lowest BCUT2D eigenvalue weighted by Gasteiger charge is -2.07. The SMILES string of the molecule is CCc1cnn(C)c1Oc1ccc(C)cc1. The maximum Gasteiger partial charge on any atom is 0.220 e. The molecule has 0 saturated carbocycles. The Kier molecular flexibility index (Phi) is 2.95. The lowest BCUT2D eigenvalue weighted by atomic mass is 10.2. The van der Waals surface area contributed by atoms with Gasteiger partial charge in [0.25, 0.3) is 0 Å². The maximum absolute atomic E-state index is 5.83. The van der Waals surface area contributed by atoms with E-state index in [9.17, 15) is 0 Å². The van der Waals surface area contributed by atoms with Gasteiger partial charge in [0.1, 0.15) is 5.75 Å². The van der Waals surface area contributed by atoms with Crippen molar-refractivity contribution in [1.82, 2.24) is 9.78 Å². The van der Waals surface area contributed by atoms with Gasteiger partial charge in [-0.3, -0.25) is 0 Å². The fourth-order valence-corrected chi connectivity index (χ4v) is 1.56. The van der Waals surface area contributed by atoms with Gasteiger partial charge in [-0.25, -0.2) is 4.68 Å². The fraction of sp³-hybridized carbons (Fsp3) is 0.308. The molecule has 0 saturated heterocycles. The van der Waals surface area contributed by atoms with Crippen molar-refractivity contribution in [2.75, 3.05) is 0 Å². The normalized spacial score (nSPS) is 10.4. The summed E-state index contributed by atoms with van der Waals surface area (Å²) in [5.74, 6) is 1.68. The number of aryl methyl sites for hydroxylation is 3. The van der Waals surface area contributed by atoms with E-state index in [2.05, 4.69) is 18.9 Å². The van der Waals surface area contributed by atoms with Crippen molar-refractivity contribution >= 4 is 0 Å². The van der Waals surface area contributed by atoms with E-state index in [4.69, 9.17) is 4.74 Å². The monoisotopic (exact) mass is 216 g/mol. The first-order valence-electron chi connectivity index (χ1n) is 5.46. The molecule has 0 spiro atoms. The highest BCUT2D eigenvalue weighted by atomic mass is 16.5. The first-order valence-corrected chi connectivity index (χ1v) is 5.46. The zero-order valence-corrected chi connectivity index (χ0v) is 9.90. The quantitative estimate of drug-likeness (QED) is 0.788. The van der Waals surface area contributed by atoms with Crippen molar-refractivity contribution in [3.8, 4) is 11.6 Å². The Bertz CT molecular complexity index is 471. The molecule has 2 rings (SSSR count). The number of ether oxygens (including phenoxy) is 1. The molecule has 0 radical (unpaired) electrons. The Morgan fingerprint density at radius 2 is 1.94 bits per heavy atom. The van der Waals surface area contributed by atoms with Gasteiger partial charge in [-0.1, -0.05) is 24.6 Å².